The molecule has 0 aliphatic heterocycles. The number of hydrogen-bond donors (Lipinski definition) is 0. The minimum atomic E-state index is -1.73. The van der Waals surface area contributed by atoms with E-state index >= 15 is 0 Å². The lowest BCUT2D eigenvalue weighted by Gasteiger charge is -2.18. The van der Waals surface area contributed by atoms with Crippen molar-refractivity contribution in [3.63, 3.8) is 0 Å². The Morgan fingerprint density at radius 1 is 1.27 bits per heavy atom. The minimum absolute atomic E-state index is 0.155. The maximum Gasteiger partial charge on any atom is 0.398 e. The summed E-state index contributed by atoms with van der Waals surface area (Å²) in [5.74, 6) is 0. The fourth-order valence-electron chi connectivity index (χ4n) is 0.641. The van der Waals surface area contributed by atoms with Gasteiger partial charge >= 0.3 is 9.28 Å². The summed E-state index contributed by atoms with van der Waals surface area (Å²) >= 11 is 0. The average Bonchev–Trinajstić information content (AvgIpc) is 1.86. The van der Waals surface area contributed by atoms with E-state index in [2.05, 4.69) is 0 Å². The zero-order valence-electron chi connectivity index (χ0n) is 7.50. The molecule has 0 N–H and O–H groups in total. The van der Waals surface area contributed by atoms with Crippen LogP contribution in [0.1, 0.15) is 27.7 Å². The molecule has 0 aliphatic carbocycles. The lowest BCUT2D eigenvalue weighted by molar-refractivity contribution is 0.189. The molecule has 4 heteroatoms. The summed E-state index contributed by atoms with van der Waals surface area (Å²) in [6.45, 7) is 7.92. The van der Waals surface area contributed by atoms with Crippen LogP contribution in [-0.2, 0) is 8.85 Å². The first-order valence-electron chi connectivity index (χ1n) is 3.78. The first-order chi connectivity index (χ1) is 5.07. The second kappa shape index (κ2) is 5.16. The standard InChI is InChI=1S/C7H15NO2Si/c1-6(2)10-11(7(3)4)9-5-8/h6-7,11H,1-4H3. The Balaban J connectivity index is 3.81. The van der Waals surface area contributed by atoms with E-state index in [1.54, 1.807) is 6.26 Å². The fraction of sp³-hybridized carbons (Fsp3) is 0.857. The molecular formula is C7H15NO2Si. The van der Waals surface area contributed by atoms with Gasteiger partial charge in [0.1, 0.15) is 0 Å². The number of rotatable bonds is 4. The zero-order chi connectivity index (χ0) is 8.85. The van der Waals surface area contributed by atoms with E-state index in [-0.39, 0.29) is 6.10 Å². The Bertz CT molecular complexity index is 142. The number of hydrogen-bond acceptors (Lipinski definition) is 3. The molecule has 1 unspecified atom stereocenters. The van der Waals surface area contributed by atoms with Gasteiger partial charge in [-0.25, -0.2) is 0 Å². The van der Waals surface area contributed by atoms with Crippen molar-refractivity contribution in [2.24, 2.45) is 0 Å². The normalized spacial score (nSPS) is 13.2. The summed E-state index contributed by atoms with van der Waals surface area (Å²) in [6.07, 6.45) is 1.85. The summed E-state index contributed by atoms with van der Waals surface area (Å²) in [7, 11) is -1.73. The maximum atomic E-state index is 8.28. The van der Waals surface area contributed by atoms with Crippen LogP contribution in [-0.4, -0.2) is 15.4 Å². The Morgan fingerprint density at radius 3 is 2.09 bits per heavy atom. The van der Waals surface area contributed by atoms with Gasteiger partial charge in [-0.15, -0.1) is 0 Å². The fourth-order valence-corrected chi connectivity index (χ4v) is 1.92. The van der Waals surface area contributed by atoms with E-state index in [1.165, 1.54) is 0 Å². The highest BCUT2D eigenvalue weighted by Gasteiger charge is 2.20. The van der Waals surface area contributed by atoms with Crippen molar-refractivity contribution in [3.05, 3.63) is 0 Å². The lowest BCUT2D eigenvalue weighted by Crippen LogP contribution is -2.27. The molecule has 0 radical (unpaired) electrons. The predicted molar refractivity (Wildman–Crippen MR) is 45.2 cm³/mol. The van der Waals surface area contributed by atoms with Crippen molar-refractivity contribution in [2.45, 2.75) is 39.3 Å². The van der Waals surface area contributed by atoms with Crippen molar-refractivity contribution in [1.29, 1.82) is 5.26 Å². The number of nitrogens with zero attached hydrogens (tertiary/aromatic N) is 1. The first kappa shape index (κ1) is 10.5. The number of nitriles is 1. The topological polar surface area (TPSA) is 42.2 Å². The molecule has 0 saturated carbocycles. The zero-order valence-corrected chi connectivity index (χ0v) is 8.65. The molecule has 0 amide bonds. The van der Waals surface area contributed by atoms with Gasteiger partial charge in [-0.2, -0.15) is 5.26 Å². The molecule has 3 nitrogen and oxygen atoms in total. The first-order valence-corrected chi connectivity index (χ1v) is 5.39. The Kier molecular flexibility index (Phi) is 4.91. The molecule has 0 aromatic rings. The maximum absolute atomic E-state index is 8.28. The minimum Gasteiger partial charge on any atom is -0.457 e. The van der Waals surface area contributed by atoms with E-state index in [1.807, 2.05) is 27.7 Å². The quantitative estimate of drug-likeness (QED) is 0.478. The van der Waals surface area contributed by atoms with Crippen LogP contribution < -0.4 is 0 Å². The summed E-state index contributed by atoms with van der Waals surface area (Å²) in [5.41, 5.74) is 0.344. The van der Waals surface area contributed by atoms with Gasteiger partial charge in [0.05, 0.1) is 0 Å². The van der Waals surface area contributed by atoms with Crippen LogP contribution >= 0.6 is 0 Å². The summed E-state index contributed by atoms with van der Waals surface area (Å²) in [5, 5.41) is 8.28. The van der Waals surface area contributed by atoms with Crippen molar-refractivity contribution in [1.82, 2.24) is 0 Å². The van der Waals surface area contributed by atoms with Gasteiger partial charge < -0.3 is 8.85 Å². The van der Waals surface area contributed by atoms with Crippen LogP contribution in [0.3, 0.4) is 0 Å². The monoisotopic (exact) mass is 173 g/mol. The van der Waals surface area contributed by atoms with Crippen LogP contribution in [0.4, 0.5) is 0 Å². The molecule has 0 fully saturated rings. The van der Waals surface area contributed by atoms with E-state index in [9.17, 15) is 0 Å². The van der Waals surface area contributed by atoms with Gasteiger partial charge in [-0.1, -0.05) is 13.8 Å². The highest BCUT2D eigenvalue weighted by molar-refractivity contribution is 6.46. The summed E-state index contributed by atoms with van der Waals surface area (Å²) < 4.78 is 10.3. The lowest BCUT2D eigenvalue weighted by atomic mass is 10.5. The van der Waals surface area contributed by atoms with Gasteiger partial charge in [-0.3, -0.25) is 0 Å². The molecule has 0 aromatic carbocycles. The Labute approximate surface area is 69.8 Å². The molecule has 64 valence electrons. The van der Waals surface area contributed by atoms with Crippen LogP contribution in [0.15, 0.2) is 0 Å². The van der Waals surface area contributed by atoms with Crippen molar-refractivity contribution >= 4 is 9.28 Å². The molecular weight excluding hydrogens is 158 g/mol. The van der Waals surface area contributed by atoms with Gasteiger partial charge in [0.2, 0.25) is 0 Å². The van der Waals surface area contributed by atoms with E-state index in [4.69, 9.17) is 14.1 Å². The van der Waals surface area contributed by atoms with E-state index in [0.717, 1.165) is 0 Å². The predicted octanol–water partition coefficient (Wildman–Crippen LogP) is 1.54. The largest absolute Gasteiger partial charge is 0.457 e. The molecule has 0 spiro atoms. The molecule has 0 aromatic heterocycles. The molecule has 0 rings (SSSR count). The Hall–Kier alpha value is -0.533. The van der Waals surface area contributed by atoms with Crippen LogP contribution in [0.5, 0.6) is 0 Å². The third-order valence-corrected chi connectivity index (χ3v) is 3.36. The van der Waals surface area contributed by atoms with Crippen molar-refractivity contribution in [3.8, 4) is 6.26 Å². The molecule has 0 heterocycles. The summed E-state index contributed by atoms with van der Waals surface area (Å²) in [4.78, 5) is 0. The molecule has 0 saturated heterocycles. The average molecular weight is 173 g/mol. The molecule has 0 bridgehead atoms. The van der Waals surface area contributed by atoms with Crippen LogP contribution in [0.2, 0.25) is 5.54 Å². The van der Waals surface area contributed by atoms with Crippen LogP contribution in [0.25, 0.3) is 0 Å². The highest BCUT2D eigenvalue weighted by atomic mass is 28.3. The third-order valence-electron chi connectivity index (χ3n) is 1.12. The SMILES string of the molecule is CC(C)O[SiH](OC#N)C(C)C. The highest BCUT2D eigenvalue weighted by Crippen LogP contribution is 2.11. The van der Waals surface area contributed by atoms with Crippen molar-refractivity contribution < 1.29 is 8.85 Å². The second-order valence-electron chi connectivity index (χ2n) is 3.01. The van der Waals surface area contributed by atoms with E-state index in [0.29, 0.717) is 5.54 Å². The Morgan fingerprint density at radius 2 is 1.82 bits per heavy atom. The van der Waals surface area contributed by atoms with Gasteiger partial charge in [0.15, 0.2) is 0 Å². The van der Waals surface area contributed by atoms with Gasteiger partial charge in [0, 0.05) is 11.6 Å². The molecule has 0 aliphatic rings. The van der Waals surface area contributed by atoms with Gasteiger partial charge in [0.25, 0.3) is 6.26 Å². The summed E-state index contributed by atoms with van der Waals surface area (Å²) in [6, 6.07) is 0. The van der Waals surface area contributed by atoms with Gasteiger partial charge in [-0.05, 0) is 13.8 Å². The second-order valence-corrected chi connectivity index (χ2v) is 5.58. The molecule has 1 atom stereocenters. The smallest absolute Gasteiger partial charge is 0.398 e. The van der Waals surface area contributed by atoms with Crippen LogP contribution in [0, 0.1) is 11.5 Å². The molecule has 11 heavy (non-hydrogen) atoms. The van der Waals surface area contributed by atoms with Crippen molar-refractivity contribution in [2.75, 3.05) is 0 Å². The third kappa shape index (κ3) is 4.82. The van der Waals surface area contributed by atoms with E-state index < -0.39 is 9.28 Å².